The first-order chi connectivity index (χ1) is 24.0. The molecule has 4 aromatic carbocycles. The summed E-state index contributed by atoms with van der Waals surface area (Å²) in [4.78, 5) is 41.4. The van der Waals surface area contributed by atoms with E-state index in [4.69, 9.17) is 32.7 Å². The van der Waals surface area contributed by atoms with Gasteiger partial charge in [-0.15, -0.1) is 0 Å². The molecule has 0 radical (unpaired) electrons. The third-order valence-electron chi connectivity index (χ3n) is 9.42. The molecule has 2 aliphatic rings. The van der Waals surface area contributed by atoms with Gasteiger partial charge in [0, 0.05) is 33.3 Å². The number of aliphatic hydroxyl groups is 1. The Kier molecular flexibility index (Phi) is 10.1. The number of benzene rings is 4. The van der Waals surface area contributed by atoms with E-state index in [1.54, 1.807) is 60.4 Å². The molecule has 2 heterocycles. The first-order valence-corrected chi connectivity index (χ1v) is 16.9. The zero-order valence-corrected chi connectivity index (χ0v) is 28.7. The molecule has 0 saturated carbocycles. The molecule has 1 saturated heterocycles. The van der Waals surface area contributed by atoms with Crippen LogP contribution in [0.5, 0.6) is 5.75 Å². The predicted molar refractivity (Wildman–Crippen MR) is 186 cm³/mol. The Labute approximate surface area is 297 Å². The number of nitrogens with one attached hydrogen (secondary N) is 1. The molecule has 0 bridgehead atoms. The molecule has 1 spiro atoms. The fourth-order valence-corrected chi connectivity index (χ4v) is 7.79. The Morgan fingerprint density at radius 2 is 1.80 bits per heavy atom. The minimum Gasteiger partial charge on any atom is -0.494 e. The number of amides is 1. The standard InChI is InChI=1S/C37H34Cl2FN3O7/c1-3-49-25-8-5-7-21(17-25)20-42-30(19-31(44)22-11-13-23(14-12-22)35(45)50-4-2)34(43(47)48)32(26-9-6-10-28(39)33(26)40)37(42)27-16-15-24(38)18-29(27)41-36(37)46/h5-18,30-32,34,44H,3-4,19-20H2,1-2H3,(H,41,46)/t30-,31+,32-,34+,37+/m0/s1. The van der Waals surface area contributed by atoms with Crippen LogP contribution in [0.25, 0.3) is 0 Å². The van der Waals surface area contributed by atoms with Gasteiger partial charge in [0.25, 0.3) is 5.91 Å². The summed E-state index contributed by atoms with van der Waals surface area (Å²) in [6.45, 7) is 4.11. The van der Waals surface area contributed by atoms with Crippen LogP contribution < -0.4 is 10.1 Å². The zero-order valence-electron chi connectivity index (χ0n) is 27.1. The van der Waals surface area contributed by atoms with Gasteiger partial charge in [-0.1, -0.05) is 65.7 Å². The van der Waals surface area contributed by atoms with Crippen molar-refractivity contribution in [1.29, 1.82) is 0 Å². The van der Waals surface area contributed by atoms with Crippen LogP contribution in [0.1, 0.15) is 64.9 Å². The highest BCUT2D eigenvalue weighted by molar-refractivity contribution is 6.31. The molecule has 50 heavy (non-hydrogen) atoms. The first-order valence-electron chi connectivity index (χ1n) is 16.1. The summed E-state index contributed by atoms with van der Waals surface area (Å²) in [5.74, 6) is -2.87. The number of carbonyl (C=O) groups is 2. The molecule has 1 amide bonds. The maximum atomic E-state index is 16.2. The van der Waals surface area contributed by atoms with Crippen molar-refractivity contribution >= 4 is 40.8 Å². The molecule has 2 N–H and O–H groups in total. The number of likely N-dealkylation sites (tertiary alicyclic amines) is 1. The van der Waals surface area contributed by atoms with Crippen molar-refractivity contribution in [3.8, 4) is 5.75 Å². The van der Waals surface area contributed by atoms with Crippen molar-refractivity contribution in [1.82, 2.24) is 4.90 Å². The second kappa shape index (κ2) is 14.4. The van der Waals surface area contributed by atoms with E-state index in [1.165, 1.54) is 30.3 Å². The molecule has 5 atom stereocenters. The van der Waals surface area contributed by atoms with Crippen LogP contribution in [0.4, 0.5) is 10.1 Å². The number of rotatable bonds is 11. The van der Waals surface area contributed by atoms with Crippen LogP contribution in [0.2, 0.25) is 10.0 Å². The lowest BCUT2D eigenvalue weighted by Gasteiger charge is -2.39. The van der Waals surface area contributed by atoms with Gasteiger partial charge in [-0.3, -0.25) is 19.8 Å². The summed E-state index contributed by atoms with van der Waals surface area (Å²) in [5.41, 5.74) is 0.0759. The Hall–Kier alpha value is -4.55. The number of ether oxygens (including phenoxy) is 2. The van der Waals surface area contributed by atoms with Crippen LogP contribution in [0.15, 0.2) is 84.9 Å². The van der Waals surface area contributed by atoms with E-state index >= 15 is 4.39 Å². The molecule has 4 aromatic rings. The minimum atomic E-state index is -1.84. The van der Waals surface area contributed by atoms with Crippen LogP contribution in [0.3, 0.4) is 0 Å². The molecule has 0 unspecified atom stereocenters. The summed E-state index contributed by atoms with van der Waals surface area (Å²) in [5, 5.41) is 28.0. The van der Waals surface area contributed by atoms with Gasteiger partial charge >= 0.3 is 5.97 Å². The largest absolute Gasteiger partial charge is 0.494 e. The molecule has 10 nitrogen and oxygen atoms in total. The topological polar surface area (TPSA) is 131 Å². The van der Waals surface area contributed by atoms with Crippen LogP contribution >= 0.6 is 23.2 Å². The molecular formula is C37H34Cl2FN3O7. The van der Waals surface area contributed by atoms with Crippen molar-refractivity contribution in [2.75, 3.05) is 18.5 Å². The fraction of sp³-hybridized carbons (Fsp3) is 0.297. The third kappa shape index (κ3) is 6.19. The van der Waals surface area contributed by atoms with E-state index in [2.05, 4.69) is 5.32 Å². The maximum Gasteiger partial charge on any atom is 0.338 e. The number of fused-ring (bicyclic) bond motifs is 2. The molecule has 0 aromatic heterocycles. The quantitative estimate of drug-likeness (QED) is 0.0938. The van der Waals surface area contributed by atoms with E-state index in [1.807, 2.05) is 13.0 Å². The number of carbonyl (C=O) groups excluding carboxylic acids is 2. The highest BCUT2D eigenvalue weighted by Gasteiger charge is 2.71. The van der Waals surface area contributed by atoms with E-state index < -0.39 is 52.3 Å². The highest BCUT2D eigenvalue weighted by atomic mass is 35.5. The molecule has 2 aliphatic heterocycles. The zero-order chi connectivity index (χ0) is 35.7. The number of nitro groups is 1. The van der Waals surface area contributed by atoms with Gasteiger partial charge < -0.3 is 19.9 Å². The van der Waals surface area contributed by atoms with Crippen molar-refractivity contribution in [3.63, 3.8) is 0 Å². The lowest BCUT2D eigenvalue weighted by Crippen LogP contribution is -2.51. The van der Waals surface area contributed by atoms with Crippen LogP contribution in [-0.2, 0) is 21.6 Å². The SMILES string of the molecule is CCOC(=O)c1ccc([C@H](O)C[C@H]2[C@@H]([N+](=O)[O-])[C@H](c3cccc(Cl)c3F)[C@]3(C(=O)Nc4cc(Cl)ccc43)N2Cc2cccc(OCC)c2)cc1. The molecule has 6 rings (SSSR count). The number of hydrogen-bond acceptors (Lipinski definition) is 8. The van der Waals surface area contributed by atoms with Gasteiger partial charge in [0.1, 0.15) is 17.1 Å². The third-order valence-corrected chi connectivity index (χ3v) is 9.95. The fourth-order valence-electron chi connectivity index (χ4n) is 7.44. The predicted octanol–water partition coefficient (Wildman–Crippen LogP) is 7.29. The first kappa shape index (κ1) is 35.3. The van der Waals surface area contributed by atoms with Gasteiger partial charge in [0.2, 0.25) is 6.04 Å². The Morgan fingerprint density at radius 1 is 1.06 bits per heavy atom. The molecule has 1 fully saturated rings. The van der Waals surface area contributed by atoms with E-state index in [9.17, 15) is 24.8 Å². The highest BCUT2D eigenvalue weighted by Crippen LogP contribution is 2.59. The number of esters is 1. The molecule has 260 valence electrons. The summed E-state index contributed by atoms with van der Waals surface area (Å²) in [6.07, 6.45) is -1.52. The van der Waals surface area contributed by atoms with Gasteiger partial charge in [0.15, 0.2) is 0 Å². The lowest BCUT2D eigenvalue weighted by molar-refractivity contribution is -0.528. The van der Waals surface area contributed by atoms with Crippen molar-refractivity contribution in [2.45, 2.75) is 56.5 Å². The maximum absolute atomic E-state index is 16.2. The minimum absolute atomic E-state index is 0.0153. The molecular weight excluding hydrogens is 688 g/mol. The number of aliphatic hydroxyl groups excluding tert-OH is 1. The number of halogens is 3. The normalized spacial score (nSPS) is 21.9. The van der Waals surface area contributed by atoms with Gasteiger partial charge in [-0.25, -0.2) is 9.18 Å². The average molecular weight is 723 g/mol. The van der Waals surface area contributed by atoms with Crippen molar-refractivity contribution in [3.05, 3.63) is 139 Å². The Morgan fingerprint density at radius 3 is 2.50 bits per heavy atom. The van der Waals surface area contributed by atoms with Crippen LogP contribution in [0, 0.1) is 15.9 Å². The summed E-state index contributed by atoms with van der Waals surface area (Å²) >= 11 is 12.6. The number of anilines is 1. The van der Waals surface area contributed by atoms with Crippen molar-refractivity contribution in [2.24, 2.45) is 0 Å². The summed E-state index contributed by atoms with van der Waals surface area (Å²) in [6, 6.07) is 19.5. The van der Waals surface area contributed by atoms with Gasteiger partial charge in [-0.2, -0.15) is 0 Å². The lowest BCUT2D eigenvalue weighted by atomic mass is 9.73. The van der Waals surface area contributed by atoms with Crippen LogP contribution in [-0.4, -0.2) is 52.1 Å². The average Bonchev–Trinajstić information content (AvgIpc) is 3.53. The second-order valence-corrected chi connectivity index (χ2v) is 13.0. The Balaban J connectivity index is 1.56. The summed E-state index contributed by atoms with van der Waals surface area (Å²) in [7, 11) is 0. The smallest absolute Gasteiger partial charge is 0.338 e. The molecule has 0 aliphatic carbocycles. The van der Waals surface area contributed by atoms with Crippen molar-refractivity contribution < 1.29 is 33.5 Å². The summed E-state index contributed by atoms with van der Waals surface area (Å²) < 4.78 is 27.0. The Bertz CT molecular complexity index is 1940. The second-order valence-electron chi connectivity index (χ2n) is 12.2. The monoisotopic (exact) mass is 721 g/mol. The van der Waals surface area contributed by atoms with Gasteiger partial charge in [0.05, 0.1) is 41.9 Å². The van der Waals surface area contributed by atoms with E-state index in [-0.39, 0.29) is 35.7 Å². The van der Waals surface area contributed by atoms with Gasteiger partial charge in [-0.05, 0) is 73.9 Å². The van der Waals surface area contributed by atoms with E-state index in [0.717, 1.165) is 0 Å². The van der Waals surface area contributed by atoms with E-state index in [0.29, 0.717) is 39.8 Å². The number of nitrogens with zero attached hydrogens (tertiary/aromatic N) is 2. The molecule has 13 heteroatoms. The number of hydrogen-bond donors (Lipinski definition) is 2.